The molecule has 3 amide bonds. The van der Waals surface area contributed by atoms with Gasteiger partial charge in [-0.2, -0.15) is 0 Å². The molecule has 0 heterocycles. The third kappa shape index (κ3) is 6.65. The number of nitrogens with one attached hydrogen (secondary N) is 3. The van der Waals surface area contributed by atoms with Crippen LogP contribution >= 0.6 is 0 Å². The van der Waals surface area contributed by atoms with Gasteiger partial charge in [-0.05, 0) is 54.3 Å². The molecular weight excluding hydrogens is 418 g/mol. The Labute approximate surface area is 182 Å². The summed E-state index contributed by atoms with van der Waals surface area (Å²) < 4.78 is 22.9. The molecule has 2 rings (SSSR count). The van der Waals surface area contributed by atoms with Crippen LogP contribution in [0.3, 0.4) is 0 Å². The molecule has 0 saturated carbocycles. The maximum absolute atomic E-state index is 12.4. The Morgan fingerprint density at radius 1 is 0.806 bits per heavy atom. The molecule has 0 saturated heterocycles. The summed E-state index contributed by atoms with van der Waals surface area (Å²) in [4.78, 5) is 36.8. The molecule has 0 fully saturated rings. The molecule has 0 bridgehead atoms. The molecule has 0 aliphatic rings. The first-order chi connectivity index (χ1) is 14.3. The summed E-state index contributed by atoms with van der Waals surface area (Å²) >= 11 is 0. The Morgan fingerprint density at radius 3 is 1.77 bits per heavy atom. The minimum Gasteiger partial charge on any atom is -0.340 e. The predicted octanol–water partition coefficient (Wildman–Crippen LogP) is 1.97. The first-order valence-electron chi connectivity index (χ1n) is 9.61. The SMILES string of the molecule is CC(NC(=O)c1ccc(C(C)(C)C)cc1)C(=O)NNC(=O)c1ccc(S(C)(=O)=O)cc1. The summed E-state index contributed by atoms with van der Waals surface area (Å²) in [6.07, 6.45) is 1.07. The summed E-state index contributed by atoms with van der Waals surface area (Å²) in [7, 11) is -3.37. The van der Waals surface area contributed by atoms with E-state index in [2.05, 4.69) is 36.9 Å². The van der Waals surface area contributed by atoms with Crippen molar-refractivity contribution >= 4 is 27.6 Å². The van der Waals surface area contributed by atoms with Gasteiger partial charge in [0.15, 0.2) is 9.84 Å². The minimum atomic E-state index is -3.37. The molecule has 2 aromatic rings. The molecule has 8 nitrogen and oxygen atoms in total. The number of hydrazine groups is 1. The highest BCUT2D eigenvalue weighted by molar-refractivity contribution is 7.90. The second-order valence-electron chi connectivity index (χ2n) is 8.26. The van der Waals surface area contributed by atoms with Crippen molar-refractivity contribution in [2.45, 2.75) is 44.0 Å². The number of rotatable bonds is 5. The normalized spacial score (nSPS) is 12.5. The van der Waals surface area contributed by atoms with Crippen LogP contribution in [0.2, 0.25) is 0 Å². The number of hydrogen-bond acceptors (Lipinski definition) is 5. The van der Waals surface area contributed by atoms with Crippen LogP contribution in [0.1, 0.15) is 54.0 Å². The van der Waals surface area contributed by atoms with Crippen LogP contribution < -0.4 is 16.2 Å². The van der Waals surface area contributed by atoms with Crippen molar-refractivity contribution in [3.05, 3.63) is 65.2 Å². The minimum absolute atomic E-state index is 0.0362. The third-order valence-corrected chi connectivity index (χ3v) is 5.73. The lowest BCUT2D eigenvalue weighted by atomic mass is 9.86. The molecule has 1 atom stereocenters. The maximum atomic E-state index is 12.4. The largest absolute Gasteiger partial charge is 0.340 e. The monoisotopic (exact) mass is 445 g/mol. The molecule has 0 radical (unpaired) electrons. The highest BCUT2D eigenvalue weighted by Gasteiger charge is 2.19. The lowest BCUT2D eigenvalue weighted by Crippen LogP contribution is -2.51. The molecule has 2 aromatic carbocycles. The summed E-state index contributed by atoms with van der Waals surface area (Å²) in [6.45, 7) is 7.71. The van der Waals surface area contributed by atoms with E-state index in [9.17, 15) is 22.8 Å². The van der Waals surface area contributed by atoms with Crippen molar-refractivity contribution in [3.63, 3.8) is 0 Å². The van der Waals surface area contributed by atoms with Crippen LogP contribution in [-0.2, 0) is 20.0 Å². The molecule has 0 aromatic heterocycles. The van der Waals surface area contributed by atoms with Gasteiger partial charge in [0.25, 0.3) is 17.7 Å². The van der Waals surface area contributed by atoms with Gasteiger partial charge < -0.3 is 5.32 Å². The van der Waals surface area contributed by atoms with E-state index in [-0.39, 0.29) is 15.9 Å². The summed E-state index contributed by atoms with van der Waals surface area (Å²) in [5, 5.41) is 2.57. The van der Waals surface area contributed by atoms with Crippen LogP contribution in [0.5, 0.6) is 0 Å². The Morgan fingerprint density at radius 2 is 1.29 bits per heavy atom. The number of hydrogen-bond donors (Lipinski definition) is 3. The first kappa shape index (κ1) is 24.1. The average molecular weight is 446 g/mol. The number of carbonyl (C=O) groups excluding carboxylic acids is 3. The van der Waals surface area contributed by atoms with E-state index >= 15 is 0 Å². The Balaban J connectivity index is 1.90. The second kappa shape index (κ2) is 9.30. The second-order valence-corrected chi connectivity index (χ2v) is 10.3. The zero-order valence-corrected chi connectivity index (χ0v) is 19.0. The smallest absolute Gasteiger partial charge is 0.269 e. The van der Waals surface area contributed by atoms with E-state index in [1.165, 1.54) is 31.2 Å². The van der Waals surface area contributed by atoms with Crippen molar-refractivity contribution in [2.75, 3.05) is 6.26 Å². The van der Waals surface area contributed by atoms with Gasteiger partial charge in [-0.15, -0.1) is 0 Å². The van der Waals surface area contributed by atoms with E-state index in [0.29, 0.717) is 5.56 Å². The van der Waals surface area contributed by atoms with Crippen molar-refractivity contribution in [3.8, 4) is 0 Å². The standard InChI is InChI=1S/C22H27N3O5S/c1-14(23-20(27)15-6-10-17(11-7-15)22(2,3)4)19(26)24-25-21(28)16-8-12-18(13-9-16)31(5,29)30/h6-14H,1-5H3,(H,23,27)(H,24,26)(H,25,28). The molecule has 9 heteroatoms. The van der Waals surface area contributed by atoms with Crippen molar-refractivity contribution in [1.29, 1.82) is 0 Å². The van der Waals surface area contributed by atoms with Gasteiger partial charge in [-0.25, -0.2) is 8.42 Å². The van der Waals surface area contributed by atoms with Gasteiger partial charge in [0.2, 0.25) is 0 Å². The van der Waals surface area contributed by atoms with E-state index < -0.39 is 33.6 Å². The van der Waals surface area contributed by atoms with Crippen molar-refractivity contribution in [1.82, 2.24) is 16.2 Å². The summed E-state index contributed by atoms with van der Waals surface area (Å²) in [6, 6.07) is 11.5. The molecule has 3 N–H and O–H groups in total. The van der Waals surface area contributed by atoms with Gasteiger partial charge in [0.1, 0.15) is 6.04 Å². The summed E-state index contributed by atoms with van der Waals surface area (Å²) in [5.74, 6) is -1.64. The maximum Gasteiger partial charge on any atom is 0.269 e. The Hall–Kier alpha value is -3.20. The quantitative estimate of drug-likeness (QED) is 0.608. The number of carbonyl (C=O) groups is 3. The fraction of sp³-hybridized carbons (Fsp3) is 0.318. The number of benzene rings is 2. The lowest BCUT2D eigenvalue weighted by molar-refractivity contribution is -0.123. The van der Waals surface area contributed by atoms with E-state index in [1.807, 2.05) is 12.1 Å². The van der Waals surface area contributed by atoms with Crippen LogP contribution in [-0.4, -0.2) is 38.4 Å². The number of sulfone groups is 1. The molecule has 0 spiro atoms. The first-order valence-corrected chi connectivity index (χ1v) is 11.5. The van der Waals surface area contributed by atoms with Crippen LogP contribution in [0, 0.1) is 0 Å². The fourth-order valence-electron chi connectivity index (χ4n) is 2.62. The predicted molar refractivity (Wildman–Crippen MR) is 117 cm³/mol. The highest BCUT2D eigenvalue weighted by Crippen LogP contribution is 2.22. The molecule has 31 heavy (non-hydrogen) atoms. The zero-order chi connectivity index (χ0) is 23.4. The lowest BCUT2D eigenvalue weighted by Gasteiger charge is -2.19. The van der Waals surface area contributed by atoms with Crippen LogP contribution in [0.15, 0.2) is 53.4 Å². The van der Waals surface area contributed by atoms with E-state index in [4.69, 9.17) is 0 Å². The summed E-state index contributed by atoms with van der Waals surface area (Å²) in [5.41, 5.74) is 6.11. The van der Waals surface area contributed by atoms with Gasteiger partial charge in [0.05, 0.1) is 4.90 Å². The van der Waals surface area contributed by atoms with Gasteiger partial charge in [-0.3, -0.25) is 25.2 Å². The zero-order valence-electron chi connectivity index (χ0n) is 18.1. The van der Waals surface area contributed by atoms with Gasteiger partial charge >= 0.3 is 0 Å². The van der Waals surface area contributed by atoms with E-state index in [0.717, 1.165) is 11.8 Å². The fourth-order valence-corrected chi connectivity index (χ4v) is 3.25. The number of amides is 3. The highest BCUT2D eigenvalue weighted by atomic mass is 32.2. The molecule has 0 aliphatic carbocycles. The average Bonchev–Trinajstić information content (AvgIpc) is 2.70. The van der Waals surface area contributed by atoms with Crippen LogP contribution in [0.4, 0.5) is 0 Å². The van der Waals surface area contributed by atoms with Crippen molar-refractivity contribution in [2.24, 2.45) is 0 Å². The molecule has 0 aliphatic heterocycles. The van der Waals surface area contributed by atoms with Crippen LogP contribution in [0.25, 0.3) is 0 Å². The molecule has 166 valence electrons. The third-order valence-electron chi connectivity index (χ3n) is 4.60. The Bertz CT molecular complexity index is 1070. The van der Waals surface area contributed by atoms with Gasteiger partial charge in [-0.1, -0.05) is 32.9 Å². The molecule has 1 unspecified atom stereocenters. The topological polar surface area (TPSA) is 121 Å². The Kier molecular flexibility index (Phi) is 7.22. The van der Waals surface area contributed by atoms with E-state index in [1.54, 1.807) is 12.1 Å². The van der Waals surface area contributed by atoms with Gasteiger partial charge in [0, 0.05) is 17.4 Å². The van der Waals surface area contributed by atoms with Crippen molar-refractivity contribution < 1.29 is 22.8 Å². The molecular formula is C22H27N3O5S.